The molecule has 24 heavy (non-hydrogen) atoms. The number of thiocarbonyl (C=S) groups is 1. The number of anilines is 1. The topological polar surface area (TPSA) is 20.3 Å². The van der Waals surface area contributed by atoms with Gasteiger partial charge in [-0.3, -0.25) is 9.69 Å². The van der Waals surface area contributed by atoms with Gasteiger partial charge < -0.3 is 0 Å². The normalized spacial score (nSPS) is 16.3. The number of aryl methyl sites for hydroxylation is 3. The summed E-state index contributed by atoms with van der Waals surface area (Å²) in [7, 11) is 0. The molecule has 0 N–H and O–H groups in total. The molecule has 0 atom stereocenters. The van der Waals surface area contributed by atoms with E-state index in [4.69, 9.17) is 12.2 Å². The molecule has 0 spiro atoms. The average molecular weight is 354 g/mol. The van der Waals surface area contributed by atoms with Crippen molar-refractivity contribution in [1.29, 1.82) is 0 Å². The third-order valence-electron chi connectivity index (χ3n) is 4.08. The minimum atomic E-state index is -0.0433. The lowest BCUT2D eigenvalue weighted by molar-refractivity contribution is -0.113. The number of carbonyl (C=O) groups is 1. The fourth-order valence-corrected chi connectivity index (χ4v) is 3.92. The Hall–Kier alpha value is -1.91. The summed E-state index contributed by atoms with van der Waals surface area (Å²) in [5.74, 6) is -0.0433. The Balaban J connectivity index is 1.93. The summed E-state index contributed by atoms with van der Waals surface area (Å²) in [6.45, 7) is 6.15. The van der Waals surface area contributed by atoms with Gasteiger partial charge in [0.2, 0.25) is 0 Å². The maximum absolute atomic E-state index is 12.9. The quantitative estimate of drug-likeness (QED) is 0.554. The molecule has 1 heterocycles. The molecule has 0 aromatic heterocycles. The largest absolute Gasteiger partial charge is 0.270 e. The zero-order valence-corrected chi connectivity index (χ0v) is 15.6. The van der Waals surface area contributed by atoms with E-state index in [9.17, 15) is 4.79 Å². The Morgan fingerprint density at radius 2 is 1.83 bits per heavy atom. The van der Waals surface area contributed by atoms with Crippen LogP contribution in [0.25, 0.3) is 6.08 Å². The molecule has 1 aliphatic rings. The Bertz CT molecular complexity index is 837. The number of nitrogens with zero attached hydrogens (tertiary/aromatic N) is 1. The number of amides is 1. The molecule has 4 heteroatoms. The van der Waals surface area contributed by atoms with E-state index < -0.39 is 0 Å². The van der Waals surface area contributed by atoms with Crippen LogP contribution in [0.5, 0.6) is 0 Å². The summed E-state index contributed by atoms with van der Waals surface area (Å²) in [4.78, 5) is 15.2. The van der Waals surface area contributed by atoms with Gasteiger partial charge in [0.1, 0.15) is 0 Å². The maximum atomic E-state index is 12.9. The molecule has 0 aliphatic carbocycles. The van der Waals surface area contributed by atoms with E-state index in [0.717, 1.165) is 28.8 Å². The van der Waals surface area contributed by atoms with Gasteiger partial charge in [-0.05, 0) is 54.7 Å². The molecule has 1 amide bonds. The van der Waals surface area contributed by atoms with Crippen molar-refractivity contribution in [2.45, 2.75) is 27.2 Å². The van der Waals surface area contributed by atoms with Crippen molar-refractivity contribution in [2.75, 3.05) is 4.90 Å². The van der Waals surface area contributed by atoms with Crippen LogP contribution in [0.3, 0.4) is 0 Å². The van der Waals surface area contributed by atoms with E-state index in [2.05, 4.69) is 19.1 Å². The van der Waals surface area contributed by atoms with Crippen molar-refractivity contribution in [2.24, 2.45) is 0 Å². The highest BCUT2D eigenvalue weighted by atomic mass is 32.2. The lowest BCUT2D eigenvalue weighted by atomic mass is 10.1. The van der Waals surface area contributed by atoms with E-state index in [1.807, 2.05) is 50.3 Å². The number of carbonyl (C=O) groups excluding carboxylic acids is 1. The Morgan fingerprint density at radius 3 is 2.50 bits per heavy atom. The monoisotopic (exact) mass is 353 g/mol. The van der Waals surface area contributed by atoms with Crippen molar-refractivity contribution in [3.63, 3.8) is 0 Å². The summed E-state index contributed by atoms with van der Waals surface area (Å²) >= 11 is 6.83. The van der Waals surface area contributed by atoms with Crippen LogP contribution in [0.1, 0.15) is 29.2 Å². The van der Waals surface area contributed by atoms with Crippen molar-refractivity contribution in [1.82, 2.24) is 0 Å². The van der Waals surface area contributed by atoms with E-state index in [1.165, 1.54) is 17.3 Å². The molecular formula is C20H19NOS2. The Labute approximate surface area is 152 Å². The first-order valence-corrected chi connectivity index (χ1v) is 9.16. The van der Waals surface area contributed by atoms with Gasteiger partial charge in [-0.15, -0.1) is 0 Å². The van der Waals surface area contributed by atoms with Gasteiger partial charge >= 0.3 is 0 Å². The molecule has 0 bridgehead atoms. The van der Waals surface area contributed by atoms with E-state index in [-0.39, 0.29) is 5.91 Å². The van der Waals surface area contributed by atoms with Crippen LogP contribution in [0.2, 0.25) is 0 Å². The van der Waals surface area contributed by atoms with Crippen LogP contribution >= 0.6 is 24.0 Å². The molecule has 122 valence electrons. The Morgan fingerprint density at radius 1 is 1.12 bits per heavy atom. The number of benzene rings is 2. The van der Waals surface area contributed by atoms with Crippen LogP contribution in [0.15, 0.2) is 47.4 Å². The van der Waals surface area contributed by atoms with Gasteiger partial charge in [0, 0.05) is 0 Å². The summed E-state index contributed by atoms with van der Waals surface area (Å²) in [6, 6.07) is 14.4. The van der Waals surface area contributed by atoms with E-state index in [1.54, 1.807) is 4.90 Å². The number of thioether (sulfide) groups is 1. The first kappa shape index (κ1) is 16.9. The third-order valence-corrected chi connectivity index (χ3v) is 5.39. The lowest BCUT2D eigenvalue weighted by Gasteiger charge is -2.17. The van der Waals surface area contributed by atoms with Crippen LogP contribution < -0.4 is 4.90 Å². The number of hydrogen-bond donors (Lipinski definition) is 0. The minimum absolute atomic E-state index is 0.0433. The van der Waals surface area contributed by atoms with Gasteiger partial charge in [0.25, 0.3) is 5.91 Å². The highest BCUT2D eigenvalue weighted by Gasteiger charge is 2.34. The number of rotatable bonds is 3. The average Bonchev–Trinajstić information content (AvgIpc) is 2.84. The van der Waals surface area contributed by atoms with E-state index in [0.29, 0.717) is 9.23 Å². The first-order valence-electron chi connectivity index (χ1n) is 7.93. The molecule has 2 nitrogen and oxygen atoms in total. The summed E-state index contributed by atoms with van der Waals surface area (Å²) < 4.78 is 0.588. The highest BCUT2D eigenvalue weighted by Crippen LogP contribution is 2.37. The molecular weight excluding hydrogens is 334 g/mol. The standard InChI is InChI=1S/C20H19NOS2/c1-4-15-7-9-16(10-8-15)12-18-19(22)21(20(23)24-18)17-11-13(2)5-6-14(17)3/h5-12H,4H2,1-3H3/b18-12-. The van der Waals surface area contributed by atoms with Gasteiger partial charge in [-0.25, -0.2) is 0 Å². The SMILES string of the molecule is CCc1ccc(/C=C2\SC(=S)N(c3cc(C)ccc3C)C2=O)cc1. The molecule has 1 aliphatic heterocycles. The number of hydrogen-bond acceptors (Lipinski definition) is 3. The molecule has 2 aromatic rings. The molecule has 0 radical (unpaired) electrons. The van der Waals surface area contributed by atoms with Crippen molar-refractivity contribution in [3.05, 3.63) is 69.6 Å². The molecule has 0 unspecified atom stereocenters. The van der Waals surface area contributed by atoms with E-state index >= 15 is 0 Å². The Kier molecular flexibility index (Phi) is 4.88. The molecule has 1 fully saturated rings. The maximum Gasteiger partial charge on any atom is 0.270 e. The lowest BCUT2D eigenvalue weighted by Crippen LogP contribution is -2.28. The zero-order valence-electron chi connectivity index (χ0n) is 14.0. The zero-order chi connectivity index (χ0) is 17.3. The van der Waals surface area contributed by atoms with Gasteiger partial charge in [0.05, 0.1) is 10.6 Å². The fraction of sp³-hybridized carbons (Fsp3) is 0.200. The smallest absolute Gasteiger partial charge is 0.268 e. The van der Waals surface area contributed by atoms with Crippen molar-refractivity contribution >= 4 is 46.0 Å². The van der Waals surface area contributed by atoms with Gasteiger partial charge in [-0.1, -0.05) is 67.3 Å². The second kappa shape index (κ2) is 6.91. The second-order valence-corrected chi connectivity index (χ2v) is 7.58. The minimum Gasteiger partial charge on any atom is -0.268 e. The first-order chi connectivity index (χ1) is 11.5. The van der Waals surface area contributed by atoms with Crippen molar-refractivity contribution in [3.8, 4) is 0 Å². The molecule has 3 rings (SSSR count). The summed E-state index contributed by atoms with van der Waals surface area (Å²) in [6.07, 6.45) is 2.93. The highest BCUT2D eigenvalue weighted by molar-refractivity contribution is 8.27. The second-order valence-electron chi connectivity index (χ2n) is 5.90. The summed E-state index contributed by atoms with van der Waals surface area (Å²) in [5, 5.41) is 0. The predicted octanol–water partition coefficient (Wildman–Crippen LogP) is 5.27. The fourth-order valence-electron chi connectivity index (χ4n) is 2.64. The van der Waals surface area contributed by atoms with Crippen LogP contribution in [0, 0.1) is 13.8 Å². The molecule has 1 saturated heterocycles. The van der Waals surface area contributed by atoms with Crippen LogP contribution in [0.4, 0.5) is 5.69 Å². The van der Waals surface area contributed by atoms with Crippen molar-refractivity contribution < 1.29 is 4.79 Å². The van der Waals surface area contributed by atoms with Crippen LogP contribution in [-0.4, -0.2) is 10.2 Å². The van der Waals surface area contributed by atoms with Gasteiger partial charge in [-0.2, -0.15) is 0 Å². The molecule has 2 aromatic carbocycles. The summed E-state index contributed by atoms with van der Waals surface area (Å²) in [5.41, 5.74) is 5.35. The van der Waals surface area contributed by atoms with Gasteiger partial charge in [0.15, 0.2) is 4.32 Å². The van der Waals surface area contributed by atoms with Crippen LogP contribution in [-0.2, 0) is 11.2 Å². The molecule has 0 saturated carbocycles. The predicted molar refractivity (Wildman–Crippen MR) is 107 cm³/mol. The third kappa shape index (κ3) is 3.30.